The fourth-order valence-corrected chi connectivity index (χ4v) is 6.75. The molecule has 4 rings (SSSR count). The molecule has 3 aromatic rings. The van der Waals surface area contributed by atoms with Crippen LogP contribution in [0.15, 0.2) is 106 Å². The number of nitrogens with one attached hydrogen (secondary N) is 1. The number of carbonyl (C=O) groups is 1. The van der Waals surface area contributed by atoms with Gasteiger partial charge in [-0.2, -0.15) is 0 Å². The van der Waals surface area contributed by atoms with E-state index in [1.165, 1.54) is 24.3 Å². The molecule has 1 aliphatic carbocycles. The van der Waals surface area contributed by atoms with Crippen molar-refractivity contribution in [2.45, 2.75) is 35.3 Å². The average molecular weight is 680 g/mol. The van der Waals surface area contributed by atoms with Crippen LogP contribution in [0.3, 0.4) is 0 Å². The molecule has 0 bridgehead atoms. The van der Waals surface area contributed by atoms with Gasteiger partial charge in [-0.05, 0) is 90.0 Å². The summed E-state index contributed by atoms with van der Waals surface area (Å²) in [6.07, 6.45) is 3.00. The Bertz CT molecular complexity index is 1600. The summed E-state index contributed by atoms with van der Waals surface area (Å²) in [7, 11) is -2.88. The predicted octanol–water partition coefficient (Wildman–Crippen LogP) is 7.23. The summed E-state index contributed by atoms with van der Waals surface area (Å²) in [5.41, 5.74) is 1.20. The minimum atomic E-state index is -4.60. The van der Waals surface area contributed by atoms with Crippen molar-refractivity contribution in [1.29, 1.82) is 0 Å². The number of amides is 1. The standard InChI is InChI=1S/C31H30BrClF2N2O4S/c1-21(36-29-20-23(34)16-17-31(29,35)42(39,40)24-14-12-22(33)13-15-24)25-8-4-6-11-28(25)41-19-7-18-37(2)30(38)26-9-3-5-10-27(26)32/h3-6,8-17,20-21,29,36H,7,18-19H2,1-2H3. The SMILES string of the molecule is CC(NC1C=C(F)C=CC1(F)S(=O)(=O)c1ccc(Cl)cc1)c1ccccc1OCCCN(C)C(=O)c1ccccc1Br. The molecule has 1 aliphatic rings. The first-order valence-electron chi connectivity index (χ1n) is 13.2. The van der Waals surface area contributed by atoms with Gasteiger partial charge in [0.25, 0.3) is 10.9 Å². The Balaban J connectivity index is 1.44. The van der Waals surface area contributed by atoms with Crippen LogP contribution in [-0.4, -0.2) is 50.5 Å². The topological polar surface area (TPSA) is 75.7 Å². The van der Waals surface area contributed by atoms with Crippen LogP contribution in [0.5, 0.6) is 5.75 Å². The minimum absolute atomic E-state index is 0.120. The highest BCUT2D eigenvalue weighted by Crippen LogP contribution is 2.38. The molecule has 0 radical (unpaired) electrons. The number of alkyl halides is 1. The van der Waals surface area contributed by atoms with Crippen LogP contribution < -0.4 is 10.1 Å². The molecule has 0 heterocycles. The zero-order chi connectivity index (χ0) is 30.5. The largest absolute Gasteiger partial charge is 0.493 e. The lowest BCUT2D eigenvalue weighted by Crippen LogP contribution is -2.52. The Hall–Kier alpha value is -3.05. The van der Waals surface area contributed by atoms with Crippen molar-refractivity contribution in [1.82, 2.24) is 10.2 Å². The number of carbonyl (C=O) groups excluding carboxylic acids is 1. The number of benzene rings is 3. The van der Waals surface area contributed by atoms with Gasteiger partial charge in [0.1, 0.15) is 11.6 Å². The summed E-state index contributed by atoms with van der Waals surface area (Å²) >= 11 is 9.28. The molecule has 1 amide bonds. The molecule has 11 heteroatoms. The Morgan fingerprint density at radius 2 is 1.79 bits per heavy atom. The van der Waals surface area contributed by atoms with Gasteiger partial charge in [0.15, 0.2) is 0 Å². The fourth-order valence-electron chi connectivity index (χ4n) is 4.59. The Labute approximate surface area is 258 Å². The predicted molar refractivity (Wildman–Crippen MR) is 164 cm³/mol. The first kappa shape index (κ1) is 31.9. The van der Waals surface area contributed by atoms with Crippen molar-refractivity contribution in [3.63, 3.8) is 0 Å². The maximum absolute atomic E-state index is 16.4. The molecule has 0 saturated carbocycles. The molecule has 0 aliphatic heterocycles. The van der Waals surface area contributed by atoms with E-state index >= 15 is 4.39 Å². The van der Waals surface area contributed by atoms with E-state index in [-0.39, 0.29) is 17.4 Å². The number of ether oxygens (including phenoxy) is 1. The molecule has 3 aromatic carbocycles. The minimum Gasteiger partial charge on any atom is -0.493 e. The van der Waals surface area contributed by atoms with Crippen LogP contribution in [0.1, 0.15) is 35.3 Å². The van der Waals surface area contributed by atoms with Crippen molar-refractivity contribution in [2.24, 2.45) is 0 Å². The van der Waals surface area contributed by atoms with Crippen molar-refractivity contribution in [3.05, 3.63) is 117 Å². The van der Waals surface area contributed by atoms with Crippen molar-refractivity contribution < 1.29 is 26.7 Å². The van der Waals surface area contributed by atoms with E-state index in [0.29, 0.717) is 34.9 Å². The summed E-state index contributed by atoms with van der Waals surface area (Å²) in [5, 5.41) is 0.279. The molecule has 0 spiro atoms. The number of hydrogen-bond acceptors (Lipinski definition) is 5. The van der Waals surface area contributed by atoms with E-state index in [1.54, 1.807) is 55.3 Å². The smallest absolute Gasteiger partial charge is 0.254 e. The van der Waals surface area contributed by atoms with E-state index in [1.807, 2.05) is 12.1 Å². The van der Waals surface area contributed by atoms with Crippen LogP contribution in [0.2, 0.25) is 5.02 Å². The summed E-state index contributed by atoms with van der Waals surface area (Å²) in [5.74, 6) is -0.381. The van der Waals surface area contributed by atoms with E-state index in [0.717, 1.165) is 22.7 Å². The van der Waals surface area contributed by atoms with Gasteiger partial charge in [0, 0.05) is 34.7 Å². The zero-order valence-corrected chi connectivity index (χ0v) is 26.1. The fraction of sp³-hybridized carbons (Fsp3) is 0.258. The molecule has 6 nitrogen and oxygen atoms in total. The van der Waals surface area contributed by atoms with Crippen molar-refractivity contribution in [3.8, 4) is 5.75 Å². The van der Waals surface area contributed by atoms with Crippen LogP contribution in [0, 0.1) is 0 Å². The monoisotopic (exact) mass is 678 g/mol. The molecule has 42 heavy (non-hydrogen) atoms. The molecule has 222 valence electrons. The van der Waals surface area contributed by atoms with E-state index < -0.39 is 32.7 Å². The van der Waals surface area contributed by atoms with Crippen LogP contribution in [0.25, 0.3) is 0 Å². The first-order valence-corrected chi connectivity index (χ1v) is 15.8. The van der Waals surface area contributed by atoms with Gasteiger partial charge in [-0.3, -0.25) is 10.1 Å². The van der Waals surface area contributed by atoms with Crippen LogP contribution >= 0.6 is 27.5 Å². The zero-order valence-electron chi connectivity index (χ0n) is 22.9. The van der Waals surface area contributed by atoms with E-state index in [4.69, 9.17) is 16.3 Å². The highest BCUT2D eigenvalue weighted by molar-refractivity contribution is 9.10. The quantitative estimate of drug-likeness (QED) is 0.217. The summed E-state index contributed by atoms with van der Waals surface area (Å²) in [4.78, 5) is 14.1. The molecule has 0 fully saturated rings. The van der Waals surface area contributed by atoms with Gasteiger partial charge in [-0.1, -0.05) is 41.9 Å². The van der Waals surface area contributed by atoms with E-state index in [9.17, 15) is 17.6 Å². The van der Waals surface area contributed by atoms with Crippen molar-refractivity contribution in [2.75, 3.05) is 20.2 Å². The number of rotatable bonds is 11. The number of hydrogen-bond donors (Lipinski definition) is 1. The lowest BCUT2D eigenvalue weighted by atomic mass is 10.0. The van der Waals surface area contributed by atoms with Gasteiger partial charge in [0.2, 0.25) is 9.84 Å². The maximum atomic E-state index is 16.4. The highest BCUT2D eigenvalue weighted by Gasteiger charge is 2.51. The van der Waals surface area contributed by atoms with Gasteiger partial charge in [-0.15, -0.1) is 0 Å². The molecule has 0 saturated heterocycles. The van der Waals surface area contributed by atoms with Gasteiger partial charge in [0.05, 0.1) is 23.1 Å². The molecule has 0 aromatic heterocycles. The molecule has 1 N–H and O–H groups in total. The number of halogens is 4. The first-order chi connectivity index (χ1) is 19.9. The summed E-state index contributed by atoms with van der Waals surface area (Å²) < 4.78 is 64.3. The Morgan fingerprint density at radius 1 is 1.12 bits per heavy atom. The second-order valence-electron chi connectivity index (χ2n) is 9.85. The number of allylic oxidation sites excluding steroid dienone is 2. The van der Waals surface area contributed by atoms with Crippen LogP contribution in [0.4, 0.5) is 8.78 Å². The summed E-state index contributed by atoms with van der Waals surface area (Å²) in [6.45, 7) is 2.45. The van der Waals surface area contributed by atoms with Crippen molar-refractivity contribution >= 4 is 43.3 Å². The molecule has 3 atom stereocenters. The van der Waals surface area contributed by atoms with Gasteiger partial charge in [-0.25, -0.2) is 17.2 Å². The number of sulfone groups is 1. The van der Waals surface area contributed by atoms with E-state index in [2.05, 4.69) is 21.2 Å². The number of nitrogens with zero attached hydrogens (tertiary/aromatic N) is 1. The normalized spacial score (nSPS) is 19.2. The molecular formula is C31H30BrClF2N2O4S. The second kappa shape index (κ2) is 13.5. The third-order valence-corrected chi connectivity index (χ3v) is 9.97. The summed E-state index contributed by atoms with van der Waals surface area (Å²) in [6, 6.07) is 17.2. The number of para-hydroxylation sites is 1. The third-order valence-electron chi connectivity index (χ3n) is 6.92. The lowest BCUT2D eigenvalue weighted by Gasteiger charge is -2.34. The Morgan fingerprint density at radius 3 is 2.50 bits per heavy atom. The molecule has 3 unspecified atom stereocenters. The second-order valence-corrected chi connectivity index (χ2v) is 13.2. The lowest BCUT2D eigenvalue weighted by molar-refractivity contribution is 0.0787. The maximum Gasteiger partial charge on any atom is 0.254 e. The Kier molecular flexibility index (Phi) is 10.2. The van der Waals surface area contributed by atoms with Gasteiger partial charge >= 0.3 is 0 Å². The van der Waals surface area contributed by atoms with Crippen LogP contribution in [-0.2, 0) is 9.84 Å². The third kappa shape index (κ3) is 6.94. The average Bonchev–Trinajstić information content (AvgIpc) is 2.97. The molecular weight excluding hydrogens is 650 g/mol. The highest BCUT2D eigenvalue weighted by atomic mass is 79.9. The van der Waals surface area contributed by atoms with Gasteiger partial charge < -0.3 is 9.64 Å².